The van der Waals surface area contributed by atoms with Crippen LogP contribution in [0.15, 0.2) is 60.9 Å². The van der Waals surface area contributed by atoms with E-state index < -0.39 is 0 Å². The van der Waals surface area contributed by atoms with E-state index in [-0.39, 0.29) is 0 Å². The monoisotopic (exact) mass is 235 g/mol. The molecular weight excluding hydrogens is 222 g/mol. The molecule has 0 spiro atoms. The van der Waals surface area contributed by atoms with Crippen LogP contribution < -0.4 is 0 Å². The number of aryl methyl sites for hydroxylation is 1. The molecule has 2 aromatic heterocycles. The van der Waals surface area contributed by atoms with Gasteiger partial charge in [0.1, 0.15) is 5.69 Å². The lowest BCUT2D eigenvalue weighted by Crippen LogP contribution is -1.98. The van der Waals surface area contributed by atoms with Gasteiger partial charge in [0.2, 0.25) is 0 Å². The average Bonchev–Trinajstić information content (AvgIpc) is 2.89. The summed E-state index contributed by atoms with van der Waals surface area (Å²) in [6.45, 7) is 1.99. The minimum atomic E-state index is 0.866. The quantitative estimate of drug-likeness (QED) is 0.682. The van der Waals surface area contributed by atoms with Crippen molar-refractivity contribution in [2.24, 2.45) is 0 Å². The van der Waals surface area contributed by atoms with E-state index in [4.69, 9.17) is 0 Å². The predicted molar refractivity (Wildman–Crippen MR) is 71.5 cm³/mol. The summed E-state index contributed by atoms with van der Waals surface area (Å²) in [5.74, 6) is 0.866. The van der Waals surface area contributed by atoms with E-state index in [0.717, 1.165) is 22.9 Å². The molecule has 88 valence electrons. The highest BCUT2D eigenvalue weighted by atomic mass is 15.1. The molecule has 0 unspecified atom stereocenters. The Bertz CT molecular complexity index is 656. The van der Waals surface area contributed by atoms with Crippen LogP contribution in [0.5, 0.6) is 0 Å². The van der Waals surface area contributed by atoms with Crippen LogP contribution in [0.4, 0.5) is 0 Å². The first-order chi connectivity index (χ1) is 8.84. The third kappa shape index (κ3) is 1.91. The summed E-state index contributed by atoms with van der Waals surface area (Å²) in [4.78, 5) is 8.92. The Morgan fingerprint density at radius 2 is 1.78 bits per heavy atom. The maximum absolute atomic E-state index is 4.52. The lowest BCUT2D eigenvalue weighted by molar-refractivity contribution is 1.04. The number of hydrogen-bond acceptors (Lipinski definition) is 2. The minimum Gasteiger partial charge on any atom is -0.299 e. The lowest BCUT2D eigenvalue weighted by Gasteiger charge is -2.07. The maximum Gasteiger partial charge on any atom is 0.163 e. The van der Waals surface area contributed by atoms with Crippen molar-refractivity contribution in [3.63, 3.8) is 0 Å². The zero-order valence-electron chi connectivity index (χ0n) is 10.1. The normalized spacial score (nSPS) is 10.5. The fourth-order valence-corrected chi connectivity index (χ4v) is 1.96. The van der Waals surface area contributed by atoms with Gasteiger partial charge < -0.3 is 0 Å². The summed E-state index contributed by atoms with van der Waals surface area (Å²) in [5.41, 5.74) is 2.98. The molecule has 0 saturated carbocycles. The first-order valence-electron chi connectivity index (χ1n) is 5.87. The van der Waals surface area contributed by atoms with Crippen LogP contribution in [-0.4, -0.2) is 14.5 Å². The molecule has 0 N–H and O–H groups in total. The summed E-state index contributed by atoms with van der Waals surface area (Å²) in [6.07, 6.45) is 3.75. The lowest BCUT2D eigenvalue weighted by atomic mass is 10.2. The van der Waals surface area contributed by atoms with E-state index in [9.17, 15) is 0 Å². The Morgan fingerprint density at radius 3 is 2.56 bits per heavy atom. The molecule has 1 aromatic carbocycles. The predicted octanol–water partition coefficient (Wildman–Crippen LogP) is 3.24. The molecule has 0 amide bonds. The van der Waals surface area contributed by atoms with Crippen LogP contribution in [0.2, 0.25) is 0 Å². The summed E-state index contributed by atoms with van der Waals surface area (Å²) in [7, 11) is 0. The highest BCUT2D eigenvalue weighted by molar-refractivity contribution is 5.54. The van der Waals surface area contributed by atoms with Crippen molar-refractivity contribution in [2.75, 3.05) is 0 Å². The molecule has 3 aromatic rings. The number of para-hydroxylation sites is 1. The van der Waals surface area contributed by atoms with E-state index in [2.05, 4.69) is 22.1 Å². The molecule has 3 heteroatoms. The summed E-state index contributed by atoms with van der Waals surface area (Å²) in [5, 5.41) is 0. The first kappa shape index (κ1) is 10.7. The molecule has 0 fully saturated rings. The molecule has 0 bridgehead atoms. The Labute approximate surface area is 106 Å². The Kier molecular flexibility index (Phi) is 2.65. The third-order valence-electron chi connectivity index (χ3n) is 2.79. The zero-order chi connectivity index (χ0) is 12.4. The highest BCUT2D eigenvalue weighted by Gasteiger charge is 2.08. The van der Waals surface area contributed by atoms with Gasteiger partial charge >= 0.3 is 0 Å². The second kappa shape index (κ2) is 4.45. The van der Waals surface area contributed by atoms with E-state index in [1.807, 2.05) is 54.1 Å². The fourth-order valence-electron chi connectivity index (χ4n) is 1.96. The van der Waals surface area contributed by atoms with Crippen molar-refractivity contribution in [3.05, 3.63) is 66.6 Å². The van der Waals surface area contributed by atoms with Crippen molar-refractivity contribution >= 4 is 0 Å². The van der Waals surface area contributed by atoms with Gasteiger partial charge in [-0.3, -0.25) is 4.57 Å². The van der Waals surface area contributed by atoms with E-state index in [1.165, 1.54) is 0 Å². The number of hydrogen-bond donors (Lipinski definition) is 0. The first-order valence-corrected chi connectivity index (χ1v) is 5.87. The number of pyridine rings is 1. The number of imidazole rings is 1. The summed E-state index contributed by atoms with van der Waals surface area (Å²) >= 11 is 0. The number of nitrogens with zero attached hydrogens (tertiary/aromatic N) is 3. The molecule has 3 nitrogen and oxygen atoms in total. The van der Waals surface area contributed by atoms with Crippen molar-refractivity contribution < 1.29 is 0 Å². The van der Waals surface area contributed by atoms with Crippen LogP contribution in [0, 0.1) is 6.92 Å². The van der Waals surface area contributed by atoms with Gasteiger partial charge in [-0.2, -0.15) is 0 Å². The third-order valence-corrected chi connectivity index (χ3v) is 2.79. The SMILES string of the molecule is Cc1cccc(-c2nccn2-c2ccccc2)n1. The van der Waals surface area contributed by atoms with Gasteiger partial charge in [-0.05, 0) is 31.2 Å². The summed E-state index contributed by atoms with van der Waals surface area (Å²) in [6, 6.07) is 16.1. The Morgan fingerprint density at radius 1 is 0.944 bits per heavy atom. The summed E-state index contributed by atoms with van der Waals surface area (Å²) < 4.78 is 2.04. The minimum absolute atomic E-state index is 0.866. The molecule has 3 rings (SSSR count). The fraction of sp³-hybridized carbons (Fsp3) is 0.0667. The van der Waals surface area contributed by atoms with Gasteiger partial charge in [-0.1, -0.05) is 24.3 Å². The second-order valence-corrected chi connectivity index (χ2v) is 4.12. The van der Waals surface area contributed by atoms with E-state index in [0.29, 0.717) is 0 Å². The molecule has 0 aliphatic rings. The molecule has 0 aliphatic heterocycles. The smallest absolute Gasteiger partial charge is 0.163 e. The van der Waals surface area contributed by atoms with Crippen LogP contribution in [0.1, 0.15) is 5.69 Å². The van der Waals surface area contributed by atoms with Gasteiger partial charge in [-0.15, -0.1) is 0 Å². The van der Waals surface area contributed by atoms with Gasteiger partial charge in [0.05, 0.1) is 0 Å². The molecule has 18 heavy (non-hydrogen) atoms. The standard InChI is InChI=1S/C15H13N3/c1-12-6-5-9-14(17-12)15-16-10-11-18(15)13-7-3-2-4-8-13/h2-11H,1H3. The van der Waals surface area contributed by atoms with Crippen LogP contribution in [-0.2, 0) is 0 Å². The number of aromatic nitrogens is 3. The Hall–Kier alpha value is -2.42. The second-order valence-electron chi connectivity index (χ2n) is 4.12. The Balaban J connectivity index is 2.13. The van der Waals surface area contributed by atoms with Gasteiger partial charge in [0, 0.05) is 23.8 Å². The van der Waals surface area contributed by atoms with Crippen molar-refractivity contribution in [2.45, 2.75) is 6.92 Å². The molecule has 0 atom stereocenters. The maximum atomic E-state index is 4.52. The molecule has 0 saturated heterocycles. The number of benzene rings is 1. The molecule has 0 radical (unpaired) electrons. The van der Waals surface area contributed by atoms with E-state index in [1.54, 1.807) is 6.20 Å². The average molecular weight is 235 g/mol. The zero-order valence-corrected chi connectivity index (χ0v) is 10.1. The topological polar surface area (TPSA) is 30.7 Å². The van der Waals surface area contributed by atoms with Gasteiger partial charge in [0.15, 0.2) is 5.82 Å². The molecule has 2 heterocycles. The van der Waals surface area contributed by atoms with Crippen molar-refractivity contribution in [1.82, 2.24) is 14.5 Å². The van der Waals surface area contributed by atoms with Gasteiger partial charge in [0.25, 0.3) is 0 Å². The van der Waals surface area contributed by atoms with Crippen LogP contribution >= 0.6 is 0 Å². The highest BCUT2D eigenvalue weighted by Crippen LogP contribution is 2.19. The molecule has 0 aliphatic carbocycles. The van der Waals surface area contributed by atoms with Crippen molar-refractivity contribution in [1.29, 1.82) is 0 Å². The molecular formula is C15H13N3. The van der Waals surface area contributed by atoms with Crippen molar-refractivity contribution in [3.8, 4) is 17.2 Å². The van der Waals surface area contributed by atoms with Crippen LogP contribution in [0.25, 0.3) is 17.2 Å². The van der Waals surface area contributed by atoms with E-state index >= 15 is 0 Å². The number of rotatable bonds is 2. The largest absolute Gasteiger partial charge is 0.299 e. The van der Waals surface area contributed by atoms with Gasteiger partial charge in [-0.25, -0.2) is 9.97 Å². The van der Waals surface area contributed by atoms with Crippen LogP contribution in [0.3, 0.4) is 0 Å².